The van der Waals surface area contributed by atoms with E-state index in [1.807, 2.05) is 0 Å². The van der Waals surface area contributed by atoms with Crippen molar-refractivity contribution in [2.45, 2.75) is 149 Å². The summed E-state index contributed by atoms with van der Waals surface area (Å²) in [6.07, 6.45) is 19.2. The van der Waals surface area contributed by atoms with Gasteiger partial charge in [0.2, 0.25) is 0 Å². The van der Waals surface area contributed by atoms with Gasteiger partial charge in [-0.05, 0) is 123 Å². The fraction of sp³-hybridized carbons (Fsp3) is 0.805. The van der Waals surface area contributed by atoms with Crippen LogP contribution in [0.2, 0.25) is 0 Å². The second-order valence-electron chi connectivity index (χ2n) is 18.2. The van der Waals surface area contributed by atoms with Crippen LogP contribution >= 0.6 is 0 Å². The van der Waals surface area contributed by atoms with Crippen molar-refractivity contribution in [3.63, 3.8) is 0 Å². The van der Waals surface area contributed by atoms with E-state index in [1.165, 1.54) is 11.1 Å². The second kappa shape index (κ2) is 11.1. The summed E-state index contributed by atoms with van der Waals surface area (Å²) in [5.74, 6) is 3.43. The van der Waals surface area contributed by atoms with Gasteiger partial charge in [0.1, 0.15) is 30.2 Å². The van der Waals surface area contributed by atoms with Crippen LogP contribution in [0.1, 0.15) is 137 Å². The molecule has 6 heteroatoms. The maximum Gasteiger partial charge on any atom is 0.317 e. The highest BCUT2D eigenvalue weighted by Gasteiger charge is 2.60. The SMILES string of the molecule is C[C@]12CC[C@H](OC(=O)CC(=O)O[C@H]3CC[C@@]4(C)C(=CCC5C4CC[C@]4(C)C(=O)CCC54)C3)CC1=CCC1C2CC[C@]2(C)C(=O)CCC12. The van der Waals surface area contributed by atoms with Gasteiger partial charge in [-0.3, -0.25) is 19.2 Å². The lowest BCUT2D eigenvalue weighted by Crippen LogP contribution is -2.50. The van der Waals surface area contributed by atoms with Crippen molar-refractivity contribution in [1.82, 2.24) is 0 Å². The van der Waals surface area contributed by atoms with Gasteiger partial charge >= 0.3 is 11.9 Å². The fourth-order valence-electron chi connectivity index (χ4n) is 13.6. The zero-order chi connectivity index (χ0) is 32.9. The summed E-state index contributed by atoms with van der Waals surface area (Å²) in [7, 11) is 0. The van der Waals surface area contributed by atoms with Crippen LogP contribution in [0.5, 0.6) is 0 Å². The highest BCUT2D eigenvalue weighted by Crippen LogP contribution is 2.65. The van der Waals surface area contributed by atoms with Crippen LogP contribution < -0.4 is 0 Å². The Morgan fingerprint density at radius 2 is 0.979 bits per heavy atom. The summed E-state index contributed by atoms with van der Waals surface area (Å²) in [6, 6.07) is 0. The lowest BCUT2D eigenvalue weighted by Gasteiger charge is -2.57. The van der Waals surface area contributed by atoms with Gasteiger partial charge in [0, 0.05) is 36.5 Å². The molecule has 0 aromatic heterocycles. The third kappa shape index (κ3) is 4.83. The molecule has 0 radical (unpaired) electrons. The van der Waals surface area contributed by atoms with E-state index in [4.69, 9.17) is 9.47 Å². The molecule has 0 spiro atoms. The first kappa shape index (κ1) is 32.0. The van der Waals surface area contributed by atoms with Gasteiger partial charge in [-0.15, -0.1) is 0 Å². The third-order valence-electron chi connectivity index (χ3n) is 16.4. The predicted molar refractivity (Wildman–Crippen MR) is 178 cm³/mol. The van der Waals surface area contributed by atoms with Gasteiger partial charge < -0.3 is 9.47 Å². The van der Waals surface area contributed by atoms with Crippen LogP contribution in [0.25, 0.3) is 0 Å². The van der Waals surface area contributed by atoms with Crippen molar-refractivity contribution in [3.05, 3.63) is 23.3 Å². The Bertz CT molecular complexity index is 1330. The Balaban J connectivity index is 0.844. The molecule has 8 aliphatic rings. The number of esters is 2. The van der Waals surface area contributed by atoms with Crippen LogP contribution in [0.15, 0.2) is 23.3 Å². The number of Topliss-reactive ketones (excluding diaryl/α,β-unsaturated/α-hetero) is 2. The summed E-state index contributed by atoms with van der Waals surface area (Å²) in [5, 5.41) is 0. The Morgan fingerprint density at radius 1 is 0.596 bits per heavy atom. The summed E-state index contributed by atoms with van der Waals surface area (Å²) in [4.78, 5) is 51.5. The molecule has 47 heavy (non-hydrogen) atoms. The first-order valence-corrected chi connectivity index (χ1v) is 19.2. The number of hydrogen-bond donors (Lipinski definition) is 0. The van der Waals surface area contributed by atoms with Crippen molar-refractivity contribution >= 4 is 23.5 Å². The Hall–Kier alpha value is -2.24. The monoisotopic (exact) mass is 644 g/mol. The molecule has 0 aromatic carbocycles. The van der Waals surface area contributed by atoms with E-state index in [1.54, 1.807) is 0 Å². The molecule has 0 bridgehead atoms. The fourth-order valence-corrected chi connectivity index (χ4v) is 13.6. The molecule has 8 rings (SSSR count). The number of rotatable bonds is 4. The van der Waals surface area contributed by atoms with Crippen LogP contribution in [0.4, 0.5) is 0 Å². The molecule has 0 N–H and O–H groups in total. The minimum absolute atomic E-state index is 0.117. The van der Waals surface area contributed by atoms with Gasteiger partial charge in [-0.2, -0.15) is 0 Å². The number of carbonyl (C=O) groups excluding carboxylic acids is 4. The average Bonchev–Trinajstić information content (AvgIpc) is 3.51. The second-order valence-corrected chi connectivity index (χ2v) is 18.2. The van der Waals surface area contributed by atoms with E-state index >= 15 is 0 Å². The van der Waals surface area contributed by atoms with Crippen LogP contribution in [0.3, 0.4) is 0 Å². The van der Waals surface area contributed by atoms with Crippen molar-refractivity contribution in [3.8, 4) is 0 Å². The van der Waals surface area contributed by atoms with Crippen molar-refractivity contribution in [2.75, 3.05) is 0 Å². The molecule has 0 amide bonds. The summed E-state index contributed by atoms with van der Waals surface area (Å²) in [6.45, 7) is 9.29. The minimum Gasteiger partial charge on any atom is -0.462 e. The molecule has 6 unspecified atom stereocenters. The number of fused-ring (bicyclic) bond motifs is 10. The Morgan fingerprint density at radius 3 is 1.40 bits per heavy atom. The van der Waals surface area contributed by atoms with Crippen molar-refractivity contribution in [1.29, 1.82) is 0 Å². The molecule has 8 aliphatic carbocycles. The van der Waals surface area contributed by atoms with Crippen molar-refractivity contribution < 1.29 is 28.7 Å². The predicted octanol–water partition coefficient (Wildman–Crippen LogP) is 8.26. The van der Waals surface area contributed by atoms with Crippen LogP contribution in [0, 0.1) is 57.2 Å². The van der Waals surface area contributed by atoms with E-state index in [-0.39, 0.29) is 40.3 Å². The van der Waals surface area contributed by atoms with Gasteiger partial charge in [0.25, 0.3) is 0 Å². The maximum absolute atomic E-state index is 13.0. The molecule has 12 atom stereocenters. The number of carbonyl (C=O) groups is 4. The van der Waals surface area contributed by atoms with E-state index < -0.39 is 11.9 Å². The summed E-state index contributed by atoms with van der Waals surface area (Å²) < 4.78 is 11.9. The number of allylic oxidation sites excluding steroid dienone is 2. The van der Waals surface area contributed by atoms with Gasteiger partial charge in [-0.1, -0.05) is 51.0 Å². The molecule has 0 aromatic rings. The zero-order valence-corrected chi connectivity index (χ0v) is 29.2. The number of ether oxygens (including phenoxy) is 2. The normalized spacial score (nSPS) is 48.4. The van der Waals surface area contributed by atoms with Crippen LogP contribution in [-0.4, -0.2) is 35.7 Å². The molecule has 6 fully saturated rings. The quantitative estimate of drug-likeness (QED) is 0.174. The number of ketones is 2. The van der Waals surface area contributed by atoms with Gasteiger partial charge in [0.05, 0.1) is 0 Å². The lowest BCUT2D eigenvalue weighted by molar-refractivity contribution is -0.162. The van der Waals surface area contributed by atoms with E-state index in [0.717, 1.165) is 103 Å². The first-order valence-electron chi connectivity index (χ1n) is 19.2. The topological polar surface area (TPSA) is 86.7 Å². The molecule has 0 heterocycles. The van der Waals surface area contributed by atoms with Gasteiger partial charge in [0.15, 0.2) is 0 Å². The summed E-state index contributed by atoms with van der Waals surface area (Å²) >= 11 is 0. The smallest absolute Gasteiger partial charge is 0.317 e. The molecule has 6 nitrogen and oxygen atoms in total. The zero-order valence-electron chi connectivity index (χ0n) is 29.2. The third-order valence-corrected chi connectivity index (χ3v) is 16.4. The molecular weight excluding hydrogens is 588 g/mol. The standard InChI is InChI=1S/C41H56O6/c1-38-17-13-26(21-24(38)5-7-28-30-9-11-34(42)40(30,3)19-15-32(28)38)46-36(44)23-37(45)47-27-14-18-39(2)25(22-27)6-8-29-31-10-12-35(43)41(31,4)20-16-33(29)39/h5-6,26-33H,7-23H2,1-4H3/t26-,27-,28?,29?,30?,31?,32?,33?,38-,39-,40-,41-/m0/s1. The Labute approximate surface area is 281 Å². The molecule has 0 saturated heterocycles. The lowest BCUT2D eigenvalue weighted by atomic mass is 9.48. The highest BCUT2D eigenvalue weighted by atomic mass is 16.6. The van der Waals surface area contributed by atoms with E-state index in [2.05, 4.69) is 39.8 Å². The maximum atomic E-state index is 13.0. The molecular formula is C41H56O6. The highest BCUT2D eigenvalue weighted by molar-refractivity contribution is 5.91. The molecule has 0 aliphatic heterocycles. The average molecular weight is 645 g/mol. The Kier molecular flexibility index (Phi) is 7.58. The van der Waals surface area contributed by atoms with Crippen LogP contribution in [-0.2, 0) is 28.7 Å². The number of hydrogen-bond acceptors (Lipinski definition) is 6. The van der Waals surface area contributed by atoms with E-state index in [0.29, 0.717) is 47.1 Å². The molecule has 256 valence electrons. The van der Waals surface area contributed by atoms with Gasteiger partial charge in [-0.25, -0.2) is 0 Å². The van der Waals surface area contributed by atoms with E-state index in [9.17, 15) is 19.2 Å². The molecule has 6 saturated carbocycles. The first-order chi connectivity index (χ1) is 22.3. The summed E-state index contributed by atoms with van der Waals surface area (Å²) in [5.41, 5.74) is 2.85. The minimum atomic E-state index is -0.465. The largest absolute Gasteiger partial charge is 0.462 e. The van der Waals surface area contributed by atoms with Crippen molar-refractivity contribution in [2.24, 2.45) is 57.2 Å².